The van der Waals surface area contributed by atoms with E-state index >= 15 is 0 Å². The van der Waals surface area contributed by atoms with E-state index in [4.69, 9.17) is 4.74 Å². The van der Waals surface area contributed by atoms with Gasteiger partial charge in [0.1, 0.15) is 5.82 Å². The number of hydrogen-bond donors (Lipinski definition) is 0. The van der Waals surface area contributed by atoms with Gasteiger partial charge in [-0.3, -0.25) is 9.20 Å². The van der Waals surface area contributed by atoms with E-state index in [0.717, 1.165) is 43.0 Å². The number of aromatic nitrogens is 4. The van der Waals surface area contributed by atoms with Crippen LogP contribution in [0, 0.1) is 0 Å². The first-order valence-corrected chi connectivity index (χ1v) is 10.3. The van der Waals surface area contributed by atoms with Gasteiger partial charge in [0.25, 0.3) is 5.91 Å². The van der Waals surface area contributed by atoms with E-state index in [0.29, 0.717) is 31.0 Å². The maximum atomic E-state index is 12.9. The molecule has 0 aliphatic carbocycles. The summed E-state index contributed by atoms with van der Waals surface area (Å²) in [5.41, 5.74) is 2.75. The lowest BCUT2D eigenvalue weighted by atomic mass is 10.1. The molecule has 30 heavy (non-hydrogen) atoms. The number of rotatable bonds is 2. The lowest BCUT2D eigenvalue weighted by molar-refractivity contribution is 0.0723. The zero-order valence-corrected chi connectivity index (χ0v) is 17.0. The molecule has 0 unspecified atom stereocenters. The summed E-state index contributed by atoms with van der Waals surface area (Å²) in [6.07, 6.45) is 6.68. The van der Waals surface area contributed by atoms with Gasteiger partial charge in [-0.2, -0.15) is 5.10 Å². The quantitative estimate of drug-likeness (QED) is 0.642. The number of likely N-dealkylation sites (tertiary alicyclic amines) is 1. The van der Waals surface area contributed by atoms with Crippen molar-refractivity contribution in [2.75, 3.05) is 31.1 Å². The van der Waals surface area contributed by atoms with E-state index < -0.39 is 0 Å². The van der Waals surface area contributed by atoms with Crippen molar-refractivity contribution < 1.29 is 9.53 Å². The van der Waals surface area contributed by atoms with E-state index in [1.54, 1.807) is 19.4 Å². The average Bonchev–Trinajstić information content (AvgIpc) is 2.94. The standard InChI is InChI=1S/C21H24N6O3/c1-24-21(29)27-8-5-17(12-18(27)23-24)26-9-10-30-14-16-11-15(13-22-19(16)26)20(28)25-6-3-2-4-7-25/h5,8,11-13H,2-4,6-7,9-10,14H2,1H3. The lowest BCUT2D eigenvalue weighted by Crippen LogP contribution is -2.35. The highest BCUT2D eigenvalue weighted by molar-refractivity contribution is 5.94. The normalized spacial score (nSPS) is 17.1. The fourth-order valence-electron chi connectivity index (χ4n) is 4.18. The van der Waals surface area contributed by atoms with Gasteiger partial charge in [0.2, 0.25) is 0 Å². The van der Waals surface area contributed by atoms with E-state index in [1.807, 2.05) is 23.1 Å². The number of anilines is 2. The first kappa shape index (κ1) is 18.8. The Morgan fingerprint density at radius 1 is 1.13 bits per heavy atom. The first-order valence-electron chi connectivity index (χ1n) is 10.3. The molecule has 5 heterocycles. The average molecular weight is 408 g/mol. The molecule has 0 saturated carbocycles. The second-order valence-corrected chi connectivity index (χ2v) is 7.78. The van der Waals surface area contributed by atoms with Crippen LogP contribution in [0.1, 0.15) is 35.2 Å². The lowest BCUT2D eigenvalue weighted by Gasteiger charge is -2.27. The van der Waals surface area contributed by atoms with E-state index in [2.05, 4.69) is 15.0 Å². The third kappa shape index (κ3) is 3.24. The van der Waals surface area contributed by atoms with Crippen molar-refractivity contribution in [3.8, 4) is 0 Å². The highest BCUT2D eigenvalue weighted by atomic mass is 16.5. The Bertz CT molecular complexity index is 1160. The smallest absolute Gasteiger partial charge is 0.350 e. The summed E-state index contributed by atoms with van der Waals surface area (Å²) < 4.78 is 8.60. The van der Waals surface area contributed by atoms with Gasteiger partial charge in [0.05, 0.1) is 18.8 Å². The fourth-order valence-corrected chi connectivity index (χ4v) is 4.18. The molecule has 1 fully saturated rings. The molecule has 5 rings (SSSR count). The van der Waals surface area contributed by atoms with Crippen LogP contribution in [0.2, 0.25) is 0 Å². The molecule has 3 aromatic rings. The van der Waals surface area contributed by atoms with Crippen LogP contribution in [0.4, 0.5) is 11.5 Å². The third-order valence-electron chi connectivity index (χ3n) is 5.77. The molecular formula is C21H24N6O3. The summed E-state index contributed by atoms with van der Waals surface area (Å²) in [5.74, 6) is 0.806. The Balaban J connectivity index is 1.50. The number of carbonyl (C=O) groups is 1. The SMILES string of the molecule is Cn1nc2cc(N3CCOCc4cc(C(=O)N5CCCCC5)cnc43)ccn2c1=O. The Kier molecular flexibility index (Phi) is 4.74. The van der Waals surface area contributed by atoms with Crippen molar-refractivity contribution >= 4 is 23.1 Å². The highest BCUT2D eigenvalue weighted by Gasteiger charge is 2.24. The zero-order chi connectivity index (χ0) is 20.7. The number of ether oxygens (including phenoxy) is 1. The predicted molar refractivity (Wildman–Crippen MR) is 111 cm³/mol. The number of fused-ring (bicyclic) bond motifs is 2. The largest absolute Gasteiger partial charge is 0.375 e. The summed E-state index contributed by atoms with van der Waals surface area (Å²) in [5, 5.41) is 4.28. The van der Waals surface area contributed by atoms with Gasteiger partial charge in [-0.25, -0.2) is 14.5 Å². The van der Waals surface area contributed by atoms with Crippen molar-refractivity contribution in [3.63, 3.8) is 0 Å². The highest BCUT2D eigenvalue weighted by Crippen LogP contribution is 2.30. The zero-order valence-electron chi connectivity index (χ0n) is 17.0. The van der Waals surface area contributed by atoms with Gasteiger partial charge in [0.15, 0.2) is 5.65 Å². The van der Waals surface area contributed by atoms with Gasteiger partial charge in [-0.1, -0.05) is 0 Å². The number of piperidine rings is 1. The molecule has 2 aliphatic heterocycles. The second-order valence-electron chi connectivity index (χ2n) is 7.78. The monoisotopic (exact) mass is 408 g/mol. The van der Waals surface area contributed by atoms with Gasteiger partial charge in [0, 0.05) is 56.4 Å². The molecule has 0 radical (unpaired) electrons. The van der Waals surface area contributed by atoms with Gasteiger partial charge >= 0.3 is 5.69 Å². The third-order valence-corrected chi connectivity index (χ3v) is 5.77. The summed E-state index contributed by atoms with van der Waals surface area (Å²) in [4.78, 5) is 33.6. The maximum Gasteiger partial charge on any atom is 0.350 e. The number of pyridine rings is 2. The summed E-state index contributed by atoms with van der Waals surface area (Å²) in [6, 6.07) is 5.64. The van der Waals surface area contributed by atoms with Crippen LogP contribution in [0.25, 0.3) is 5.65 Å². The van der Waals surface area contributed by atoms with Crippen LogP contribution in [-0.4, -0.2) is 56.2 Å². The minimum absolute atomic E-state index is 0.0371. The molecule has 1 amide bonds. The minimum atomic E-state index is -0.185. The molecule has 0 atom stereocenters. The Hall–Kier alpha value is -3.20. The van der Waals surface area contributed by atoms with E-state index in [-0.39, 0.29) is 11.6 Å². The summed E-state index contributed by atoms with van der Waals surface area (Å²) in [7, 11) is 1.63. The minimum Gasteiger partial charge on any atom is -0.375 e. The molecule has 9 nitrogen and oxygen atoms in total. The van der Waals surface area contributed by atoms with Crippen LogP contribution >= 0.6 is 0 Å². The fraction of sp³-hybridized carbons (Fsp3) is 0.429. The van der Waals surface area contributed by atoms with Crippen LogP contribution in [0.15, 0.2) is 35.4 Å². The van der Waals surface area contributed by atoms with Crippen molar-refractivity contribution in [3.05, 3.63) is 52.2 Å². The number of hydrogen-bond acceptors (Lipinski definition) is 6. The van der Waals surface area contributed by atoms with Crippen LogP contribution in [-0.2, 0) is 18.4 Å². The summed E-state index contributed by atoms with van der Waals surface area (Å²) in [6.45, 7) is 3.17. The maximum absolute atomic E-state index is 12.9. The molecule has 2 aliphatic rings. The Morgan fingerprint density at radius 3 is 2.80 bits per heavy atom. The molecule has 9 heteroatoms. The van der Waals surface area contributed by atoms with Crippen molar-refractivity contribution in [2.24, 2.45) is 7.05 Å². The van der Waals surface area contributed by atoms with Crippen molar-refractivity contribution in [1.29, 1.82) is 0 Å². The summed E-state index contributed by atoms with van der Waals surface area (Å²) >= 11 is 0. The van der Waals surface area contributed by atoms with Crippen LogP contribution in [0.5, 0.6) is 0 Å². The molecule has 0 aromatic carbocycles. The van der Waals surface area contributed by atoms with Crippen LogP contribution in [0.3, 0.4) is 0 Å². The number of nitrogens with zero attached hydrogens (tertiary/aromatic N) is 6. The number of carbonyl (C=O) groups excluding carboxylic acids is 1. The molecule has 1 saturated heterocycles. The van der Waals surface area contributed by atoms with Gasteiger partial charge < -0.3 is 14.5 Å². The molecule has 0 spiro atoms. The second kappa shape index (κ2) is 7.56. The van der Waals surface area contributed by atoms with Crippen molar-refractivity contribution in [1.82, 2.24) is 24.1 Å². The molecule has 0 bridgehead atoms. The van der Waals surface area contributed by atoms with Crippen LogP contribution < -0.4 is 10.6 Å². The van der Waals surface area contributed by atoms with E-state index in [9.17, 15) is 9.59 Å². The predicted octanol–water partition coefficient (Wildman–Crippen LogP) is 1.72. The molecule has 156 valence electrons. The Morgan fingerprint density at radius 2 is 1.97 bits per heavy atom. The molecule has 3 aromatic heterocycles. The first-order chi connectivity index (χ1) is 14.6. The molecule has 0 N–H and O–H groups in total. The van der Waals surface area contributed by atoms with Gasteiger partial charge in [-0.15, -0.1) is 0 Å². The van der Waals surface area contributed by atoms with Gasteiger partial charge in [-0.05, 0) is 31.4 Å². The van der Waals surface area contributed by atoms with Crippen molar-refractivity contribution in [2.45, 2.75) is 25.9 Å². The Labute approximate surface area is 173 Å². The topological polar surface area (TPSA) is 85.0 Å². The van der Waals surface area contributed by atoms with E-state index in [1.165, 1.54) is 15.5 Å². The molecular weight excluding hydrogens is 384 g/mol. The number of amides is 1. The number of aryl methyl sites for hydroxylation is 1.